The Morgan fingerprint density at radius 2 is 1.76 bits per heavy atom. The number of amides is 1. The third-order valence-corrected chi connectivity index (χ3v) is 5.52. The molecule has 0 saturated carbocycles. The van der Waals surface area contributed by atoms with Crippen LogP contribution in [0.4, 0.5) is 0 Å². The molecule has 2 aromatic carbocycles. The summed E-state index contributed by atoms with van der Waals surface area (Å²) >= 11 is 0. The van der Waals surface area contributed by atoms with Crippen LogP contribution in [0.1, 0.15) is 18.4 Å². The number of nitrogens with zero attached hydrogens (tertiary/aromatic N) is 1. The van der Waals surface area contributed by atoms with E-state index >= 15 is 0 Å². The Morgan fingerprint density at radius 3 is 2.48 bits per heavy atom. The minimum atomic E-state index is 0.135. The van der Waals surface area contributed by atoms with Crippen LogP contribution >= 0.6 is 0 Å². The Kier molecular flexibility index (Phi) is 4.41. The normalized spacial score (nSPS) is 23.0. The topological polar surface area (TPSA) is 32.3 Å². The summed E-state index contributed by atoms with van der Waals surface area (Å²) in [6, 6.07) is 18.7. The molecule has 2 aromatic rings. The molecule has 1 spiro atoms. The molecule has 128 valence electrons. The van der Waals surface area contributed by atoms with Crippen LogP contribution in [-0.4, -0.2) is 37.0 Å². The lowest BCUT2D eigenvalue weighted by Gasteiger charge is -2.22. The maximum absolute atomic E-state index is 12.5. The maximum atomic E-state index is 12.5. The lowest BCUT2D eigenvalue weighted by Crippen LogP contribution is -2.32. The van der Waals surface area contributed by atoms with Gasteiger partial charge in [-0.1, -0.05) is 54.6 Å². The first kappa shape index (κ1) is 16.1. The van der Waals surface area contributed by atoms with Crippen LogP contribution in [-0.2, 0) is 4.79 Å². The molecule has 0 aromatic heterocycles. The monoisotopic (exact) mass is 332 g/mol. The number of rotatable bonds is 3. The Labute approximate surface area is 149 Å². The van der Waals surface area contributed by atoms with E-state index in [0.717, 1.165) is 38.2 Å². The van der Waals surface area contributed by atoms with Gasteiger partial charge in [0.1, 0.15) is 0 Å². The van der Waals surface area contributed by atoms with E-state index in [0.29, 0.717) is 5.41 Å². The molecule has 1 amide bonds. The van der Waals surface area contributed by atoms with Gasteiger partial charge in [-0.3, -0.25) is 4.79 Å². The Balaban J connectivity index is 1.39. The van der Waals surface area contributed by atoms with Crippen LogP contribution < -0.4 is 5.32 Å². The summed E-state index contributed by atoms with van der Waals surface area (Å²) in [6.45, 7) is 3.93. The summed E-state index contributed by atoms with van der Waals surface area (Å²) in [5.74, 6) is 0.135. The molecule has 1 unspecified atom stereocenters. The molecule has 2 fully saturated rings. The summed E-state index contributed by atoms with van der Waals surface area (Å²) in [6.07, 6.45) is 5.97. The molecule has 3 nitrogen and oxygen atoms in total. The standard InChI is InChI=1S/C22H24N2O/c25-21(24-15-13-22(17-24)12-14-23-16-22)11-8-18-6-9-20(10-7-18)19-4-2-1-3-5-19/h1-11,23H,12-17H2/b11-8+. The smallest absolute Gasteiger partial charge is 0.246 e. The molecule has 3 heteroatoms. The number of hydrogen-bond donors (Lipinski definition) is 1. The van der Waals surface area contributed by atoms with Crippen molar-refractivity contribution in [3.05, 3.63) is 66.2 Å². The van der Waals surface area contributed by atoms with Crippen molar-refractivity contribution in [3.63, 3.8) is 0 Å². The van der Waals surface area contributed by atoms with Gasteiger partial charge in [-0.25, -0.2) is 0 Å². The lowest BCUT2D eigenvalue weighted by atomic mass is 9.87. The molecule has 25 heavy (non-hydrogen) atoms. The number of carbonyl (C=O) groups is 1. The van der Waals surface area contributed by atoms with E-state index in [2.05, 4.69) is 41.7 Å². The highest BCUT2D eigenvalue weighted by Gasteiger charge is 2.41. The summed E-state index contributed by atoms with van der Waals surface area (Å²) in [5.41, 5.74) is 3.80. The second-order valence-corrected chi connectivity index (χ2v) is 7.26. The van der Waals surface area contributed by atoms with E-state index in [1.54, 1.807) is 6.08 Å². The zero-order chi connectivity index (χ0) is 17.1. The molecule has 0 aliphatic carbocycles. The van der Waals surface area contributed by atoms with Crippen LogP contribution in [0, 0.1) is 5.41 Å². The van der Waals surface area contributed by atoms with Crippen molar-refractivity contribution in [2.75, 3.05) is 26.2 Å². The average molecular weight is 332 g/mol. The van der Waals surface area contributed by atoms with Gasteiger partial charge in [0.2, 0.25) is 5.91 Å². The van der Waals surface area contributed by atoms with E-state index in [1.807, 2.05) is 29.2 Å². The van der Waals surface area contributed by atoms with Crippen molar-refractivity contribution in [1.29, 1.82) is 0 Å². The highest BCUT2D eigenvalue weighted by molar-refractivity contribution is 5.92. The maximum Gasteiger partial charge on any atom is 0.246 e. The van der Waals surface area contributed by atoms with Gasteiger partial charge in [0.25, 0.3) is 0 Å². The lowest BCUT2D eigenvalue weighted by molar-refractivity contribution is -0.125. The van der Waals surface area contributed by atoms with E-state index in [9.17, 15) is 4.79 Å². The predicted molar refractivity (Wildman–Crippen MR) is 102 cm³/mol. The van der Waals surface area contributed by atoms with E-state index in [4.69, 9.17) is 0 Å². The molecule has 1 N–H and O–H groups in total. The van der Waals surface area contributed by atoms with Gasteiger partial charge in [0.05, 0.1) is 0 Å². The molecule has 0 radical (unpaired) electrons. The highest BCUT2D eigenvalue weighted by atomic mass is 16.2. The number of hydrogen-bond acceptors (Lipinski definition) is 2. The summed E-state index contributed by atoms with van der Waals surface area (Å²) in [4.78, 5) is 14.5. The van der Waals surface area contributed by atoms with Crippen molar-refractivity contribution in [1.82, 2.24) is 10.2 Å². The van der Waals surface area contributed by atoms with Crippen LogP contribution in [0.25, 0.3) is 17.2 Å². The van der Waals surface area contributed by atoms with Gasteiger partial charge in [-0.2, -0.15) is 0 Å². The van der Waals surface area contributed by atoms with Crippen molar-refractivity contribution in [3.8, 4) is 11.1 Å². The zero-order valence-electron chi connectivity index (χ0n) is 14.4. The molecule has 1 atom stereocenters. The summed E-state index contributed by atoms with van der Waals surface area (Å²) in [7, 11) is 0. The first-order valence-electron chi connectivity index (χ1n) is 9.07. The third kappa shape index (κ3) is 3.52. The van der Waals surface area contributed by atoms with Crippen LogP contribution in [0.3, 0.4) is 0 Å². The predicted octanol–water partition coefficient (Wildman–Crippen LogP) is 3.58. The molecule has 2 heterocycles. The van der Waals surface area contributed by atoms with Gasteiger partial charge in [0.15, 0.2) is 0 Å². The van der Waals surface area contributed by atoms with Crippen LogP contribution in [0.15, 0.2) is 60.7 Å². The number of carbonyl (C=O) groups excluding carboxylic acids is 1. The summed E-state index contributed by atoms with van der Waals surface area (Å²) < 4.78 is 0. The van der Waals surface area contributed by atoms with Crippen molar-refractivity contribution in [2.45, 2.75) is 12.8 Å². The molecule has 4 rings (SSSR count). The first-order valence-corrected chi connectivity index (χ1v) is 9.07. The minimum absolute atomic E-state index is 0.135. The Bertz CT molecular complexity index is 758. The zero-order valence-corrected chi connectivity index (χ0v) is 14.4. The quantitative estimate of drug-likeness (QED) is 0.872. The van der Waals surface area contributed by atoms with Crippen molar-refractivity contribution >= 4 is 12.0 Å². The van der Waals surface area contributed by atoms with Gasteiger partial charge in [0, 0.05) is 31.1 Å². The Morgan fingerprint density at radius 1 is 1.00 bits per heavy atom. The average Bonchev–Trinajstić information content (AvgIpc) is 3.31. The fourth-order valence-electron chi connectivity index (χ4n) is 3.96. The van der Waals surface area contributed by atoms with Gasteiger partial charge >= 0.3 is 0 Å². The van der Waals surface area contributed by atoms with E-state index in [1.165, 1.54) is 17.5 Å². The number of likely N-dealkylation sites (tertiary alicyclic amines) is 1. The van der Waals surface area contributed by atoms with Crippen molar-refractivity contribution < 1.29 is 4.79 Å². The van der Waals surface area contributed by atoms with Gasteiger partial charge < -0.3 is 10.2 Å². The van der Waals surface area contributed by atoms with E-state index in [-0.39, 0.29) is 5.91 Å². The molecule has 0 bridgehead atoms. The fraction of sp³-hybridized carbons (Fsp3) is 0.318. The molecular formula is C22H24N2O. The molecule has 2 aliphatic rings. The van der Waals surface area contributed by atoms with Gasteiger partial charge in [-0.15, -0.1) is 0 Å². The summed E-state index contributed by atoms with van der Waals surface area (Å²) in [5, 5.41) is 3.44. The SMILES string of the molecule is O=C(/C=C/c1ccc(-c2ccccc2)cc1)N1CCC2(CCNC2)C1. The van der Waals surface area contributed by atoms with Gasteiger partial charge in [-0.05, 0) is 42.2 Å². The first-order chi connectivity index (χ1) is 12.2. The highest BCUT2D eigenvalue weighted by Crippen LogP contribution is 2.36. The Hall–Kier alpha value is -2.39. The number of nitrogens with one attached hydrogen (secondary N) is 1. The second kappa shape index (κ2) is 6.85. The largest absolute Gasteiger partial charge is 0.339 e. The molecular weight excluding hydrogens is 308 g/mol. The molecule has 2 aliphatic heterocycles. The number of benzene rings is 2. The van der Waals surface area contributed by atoms with E-state index < -0.39 is 0 Å². The minimum Gasteiger partial charge on any atom is -0.339 e. The fourth-order valence-corrected chi connectivity index (χ4v) is 3.96. The van der Waals surface area contributed by atoms with Crippen LogP contribution in [0.2, 0.25) is 0 Å². The van der Waals surface area contributed by atoms with Crippen molar-refractivity contribution in [2.24, 2.45) is 5.41 Å². The third-order valence-electron chi connectivity index (χ3n) is 5.52. The molecule has 2 saturated heterocycles. The second-order valence-electron chi connectivity index (χ2n) is 7.26. The van der Waals surface area contributed by atoms with Crippen LogP contribution in [0.5, 0.6) is 0 Å².